The van der Waals surface area contributed by atoms with Crippen LogP contribution in [0.15, 0.2) is 65.7 Å². The average Bonchev–Trinajstić information content (AvgIpc) is 3.38. The zero-order valence-electron chi connectivity index (χ0n) is 16.8. The van der Waals surface area contributed by atoms with E-state index >= 15 is 0 Å². The molecule has 158 valence electrons. The van der Waals surface area contributed by atoms with Crippen molar-refractivity contribution >= 4 is 46.0 Å². The molecule has 0 aliphatic carbocycles. The molecule has 0 unspecified atom stereocenters. The minimum atomic E-state index is -0.411. The molecule has 0 atom stereocenters. The second kappa shape index (κ2) is 8.83. The summed E-state index contributed by atoms with van der Waals surface area (Å²) in [7, 11) is 3.11. The number of rotatable bonds is 7. The molecule has 2 heterocycles. The van der Waals surface area contributed by atoms with Gasteiger partial charge in [0, 0.05) is 9.90 Å². The predicted molar refractivity (Wildman–Crippen MR) is 121 cm³/mol. The summed E-state index contributed by atoms with van der Waals surface area (Å²) in [5, 5.41) is 5.44. The molecule has 0 spiro atoms. The summed E-state index contributed by atoms with van der Waals surface area (Å²) in [5.74, 6) is 0.449. The zero-order chi connectivity index (χ0) is 22.0. The molecule has 6 nitrogen and oxygen atoms in total. The second-order valence-electron chi connectivity index (χ2n) is 6.74. The maximum absolute atomic E-state index is 13.3. The number of hydrogen-bond acceptors (Lipinski definition) is 6. The van der Waals surface area contributed by atoms with Crippen molar-refractivity contribution in [3.05, 3.63) is 81.1 Å². The monoisotopic (exact) mass is 454 g/mol. The van der Waals surface area contributed by atoms with E-state index in [1.807, 2.05) is 29.6 Å². The lowest BCUT2D eigenvalue weighted by Gasteiger charge is -2.16. The summed E-state index contributed by atoms with van der Waals surface area (Å²) in [6.07, 6.45) is 0. The van der Waals surface area contributed by atoms with Crippen molar-refractivity contribution in [1.82, 2.24) is 4.90 Å². The first-order chi connectivity index (χ1) is 15.0. The molecule has 2 amide bonds. The smallest absolute Gasteiger partial charge is 0.278 e. The van der Waals surface area contributed by atoms with E-state index in [-0.39, 0.29) is 18.1 Å². The van der Waals surface area contributed by atoms with E-state index in [1.165, 1.54) is 23.3 Å². The second-order valence-corrected chi connectivity index (χ2v) is 8.13. The van der Waals surface area contributed by atoms with Crippen LogP contribution in [0.5, 0.6) is 11.5 Å². The van der Waals surface area contributed by atoms with E-state index in [1.54, 1.807) is 37.4 Å². The number of hydrogen-bond donors (Lipinski definition) is 1. The van der Waals surface area contributed by atoms with Gasteiger partial charge in [-0.15, -0.1) is 11.3 Å². The normalized spacial score (nSPS) is 13.7. The summed E-state index contributed by atoms with van der Waals surface area (Å²) in [5.41, 5.74) is 1.85. The number of benzene rings is 2. The highest BCUT2D eigenvalue weighted by Gasteiger charge is 2.40. The van der Waals surface area contributed by atoms with Crippen LogP contribution in [0.25, 0.3) is 5.57 Å². The van der Waals surface area contributed by atoms with Crippen molar-refractivity contribution in [2.75, 3.05) is 19.5 Å². The molecule has 0 fully saturated rings. The Bertz CT molecular complexity index is 1160. The molecule has 0 bridgehead atoms. The van der Waals surface area contributed by atoms with Crippen molar-refractivity contribution in [3.63, 3.8) is 0 Å². The van der Waals surface area contributed by atoms with E-state index < -0.39 is 5.91 Å². The van der Waals surface area contributed by atoms with Crippen LogP contribution in [0.4, 0.5) is 5.69 Å². The van der Waals surface area contributed by atoms with Crippen molar-refractivity contribution < 1.29 is 19.1 Å². The van der Waals surface area contributed by atoms with Crippen LogP contribution in [-0.4, -0.2) is 30.9 Å². The van der Waals surface area contributed by atoms with E-state index in [4.69, 9.17) is 21.1 Å². The van der Waals surface area contributed by atoms with E-state index in [0.29, 0.717) is 32.7 Å². The third kappa shape index (κ3) is 4.15. The largest absolute Gasteiger partial charge is 0.497 e. The predicted octanol–water partition coefficient (Wildman–Crippen LogP) is 4.81. The Morgan fingerprint density at radius 3 is 2.42 bits per heavy atom. The Hall–Kier alpha value is -3.29. The highest BCUT2D eigenvalue weighted by Crippen LogP contribution is 2.36. The number of carbonyl (C=O) groups excluding carboxylic acids is 2. The van der Waals surface area contributed by atoms with Gasteiger partial charge in [0.25, 0.3) is 11.8 Å². The minimum absolute atomic E-state index is 0.147. The molecule has 2 aromatic carbocycles. The standard InChI is InChI=1S/C23H19ClN2O4S/c1-29-16-8-5-14(6-9-16)13-26-22(27)20(19-4-3-11-31-19)21(23(26)28)25-17-12-15(24)7-10-18(17)30-2/h3-12,25H,13H2,1-2H3. The average molecular weight is 455 g/mol. The number of ether oxygens (including phenoxy) is 2. The van der Waals surface area contributed by atoms with Gasteiger partial charge in [-0.25, -0.2) is 0 Å². The van der Waals surface area contributed by atoms with Gasteiger partial charge in [-0.1, -0.05) is 29.8 Å². The first-order valence-corrected chi connectivity index (χ1v) is 10.7. The van der Waals surface area contributed by atoms with E-state index in [0.717, 1.165) is 5.56 Å². The maximum Gasteiger partial charge on any atom is 0.278 e. The fourth-order valence-corrected chi connectivity index (χ4v) is 4.25. The van der Waals surface area contributed by atoms with Crippen LogP contribution in [0.3, 0.4) is 0 Å². The minimum Gasteiger partial charge on any atom is -0.497 e. The first-order valence-electron chi connectivity index (χ1n) is 9.39. The lowest BCUT2D eigenvalue weighted by molar-refractivity contribution is -0.137. The molecule has 3 aromatic rings. The number of nitrogens with one attached hydrogen (secondary N) is 1. The van der Waals surface area contributed by atoms with Gasteiger partial charge in [0.15, 0.2) is 0 Å². The molecule has 4 rings (SSSR count). The number of methoxy groups -OCH3 is 2. The Labute approximate surface area is 188 Å². The van der Waals surface area contributed by atoms with Crippen LogP contribution in [0.1, 0.15) is 10.4 Å². The molecule has 1 N–H and O–H groups in total. The summed E-state index contributed by atoms with van der Waals surface area (Å²) in [6, 6.07) is 16.0. The Kier molecular flexibility index (Phi) is 5.97. The van der Waals surface area contributed by atoms with Gasteiger partial charge in [-0.3, -0.25) is 14.5 Å². The van der Waals surface area contributed by atoms with Crippen LogP contribution in [0, 0.1) is 0 Å². The van der Waals surface area contributed by atoms with Crippen molar-refractivity contribution in [1.29, 1.82) is 0 Å². The molecule has 8 heteroatoms. The Balaban J connectivity index is 1.71. The lowest BCUT2D eigenvalue weighted by Crippen LogP contribution is -2.31. The molecular formula is C23H19ClN2O4S. The maximum atomic E-state index is 13.3. The fraction of sp³-hybridized carbons (Fsp3) is 0.130. The number of amides is 2. The lowest BCUT2D eigenvalue weighted by atomic mass is 10.1. The fourth-order valence-electron chi connectivity index (χ4n) is 3.31. The van der Waals surface area contributed by atoms with E-state index in [9.17, 15) is 9.59 Å². The summed E-state index contributed by atoms with van der Waals surface area (Å²) in [4.78, 5) is 28.6. The van der Waals surface area contributed by atoms with Gasteiger partial charge >= 0.3 is 0 Å². The SMILES string of the molecule is COc1ccc(CN2C(=O)C(Nc3cc(Cl)ccc3OC)=C(c3cccs3)C2=O)cc1. The number of nitrogens with zero attached hydrogens (tertiary/aromatic N) is 1. The summed E-state index contributed by atoms with van der Waals surface area (Å²) >= 11 is 7.53. The molecule has 31 heavy (non-hydrogen) atoms. The van der Waals surface area contributed by atoms with Gasteiger partial charge < -0.3 is 14.8 Å². The van der Waals surface area contributed by atoms with Crippen LogP contribution in [0.2, 0.25) is 5.02 Å². The zero-order valence-corrected chi connectivity index (χ0v) is 18.4. The Morgan fingerprint density at radius 2 is 1.77 bits per heavy atom. The van der Waals surface area contributed by atoms with Gasteiger partial charge in [-0.05, 0) is 47.3 Å². The molecule has 1 aliphatic rings. The van der Waals surface area contributed by atoms with Gasteiger partial charge in [0.05, 0.1) is 32.0 Å². The highest BCUT2D eigenvalue weighted by atomic mass is 35.5. The van der Waals surface area contributed by atoms with Crippen LogP contribution >= 0.6 is 22.9 Å². The van der Waals surface area contributed by atoms with Crippen molar-refractivity contribution in [2.24, 2.45) is 0 Å². The van der Waals surface area contributed by atoms with Gasteiger partial charge in [0.2, 0.25) is 0 Å². The molecule has 1 aliphatic heterocycles. The number of anilines is 1. The van der Waals surface area contributed by atoms with Crippen LogP contribution in [-0.2, 0) is 16.1 Å². The third-order valence-corrected chi connectivity index (χ3v) is 5.98. The molecule has 0 saturated carbocycles. The number of halogens is 1. The van der Waals surface area contributed by atoms with Crippen molar-refractivity contribution in [3.8, 4) is 11.5 Å². The highest BCUT2D eigenvalue weighted by molar-refractivity contribution is 7.11. The number of carbonyl (C=O) groups is 2. The molecule has 0 saturated heterocycles. The Morgan fingerprint density at radius 1 is 1.00 bits per heavy atom. The number of thiophene rings is 1. The van der Waals surface area contributed by atoms with Crippen molar-refractivity contribution in [2.45, 2.75) is 6.54 Å². The van der Waals surface area contributed by atoms with Gasteiger partial charge in [0.1, 0.15) is 17.2 Å². The molecular weight excluding hydrogens is 436 g/mol. The molecule has 0 radical (unpaired) electrons. The summed E-state index contributed by atoms with van der Waals surface area (Å²) in [6.45, 7) is 0.147. The quantitative estimate of drug-likeness (QED) is 0.519. The number of imide groups is 1. The summed E-state index contributed by atoms with van der Waals surface area (Å²) < 4.78 is 10.6. The molecule has 1 aromatic heterocycles. The van der Waals surface area contributed by atoms with Crippen LogP contribution < -0.4 is 14.8 Å². The van der Waals surface area contributed by atoms with Gasteiger partial charge in [-0.2, -0.15) is 0 Å². The first kappa shape index (κ1) is 21.0. The van der Waals surface area contributed by atoms with E-state index in [2.05, 4.69) is 5.32 Å². The third-order valence-electron chi connectivity index (χ3n) is 4.86. The topological polar surface area (TPSA) is 67.9 Å².